The molecule has 0 aliphatic rings. The molecule has 0 radical (unpaired) electrons. The molecule has 0 heterocycles. The van der Waals surface area contributed by atoms with E-state index in [1.165, 1.54) is 7.11 Å². The summed E-state index contributed by atoms with van der Waals surface area (Å²) in [5.74, 6) is 0. The second kappa shape index (κ2) is 9.35. The van der Waals surface area contributed by atoms with E-state index in [0.29, 0.717) is 16.6 Å². The van der Waals surface area contributed by atoms with Gasteiger partial charge in [0, 0.05) is 6.04 Å². The fourth-order valence-corrected chi connectivity index (χ4v) is 8.92. The number of rotatable bonds is 8. The van der Waals surface area contributed by atoms with Gasteiger partial charge >= 0.3 is 6.09 Å². The van der Waals surface area contributed by atoms with E-state index in [4.69, 9.17) is 4.43 Å². The van der Waals surface area contributed by atoms with Crippen molar-refractivity contribution in [3.63, 3.8) is 0 Å². The van der Waals surface area contributed by atoms with Gasteiger partial charge in [-0.25, -0.2) is 4.79 Å². The monoisotopic (exact) mass is 329 g/mol. The summed E-state index contributed by atoms with van der Waals surface area (Å²) in [6.45, 7) is 17.7. The van der Waals surface area contributed by atoms with Gasteiger partial charge in [-0.1, -0.05) is 53.7 Å². The van der Waals surface area contributed by atoms with E-state index in [1.807, 2.05) is 19.1 Å². The molecule has 2 atom stereocenters. The van der Waals surface area contributed by atoms with Crippen molar-refractivity contribution in [2.24, 2.45) is 0 Å². The predicted molar refractivity (Wildman–Crippen MR) is 95.7 cm³/mol. The van der Waals surface area contributed by atoms with Crippen molar-refractivity contribution in [1.82, 2.24) is 5.32 Å². The van der Waals surface area contributed by atoms with Crippen LogP contribution in [0.1, 0.15) is 55.4 Å². The number of hydrogen-bond donors (Lipinski definition) is 1. The van der Waals surface area contributed by atoms with Crippen LogP contribution in [0.5, 0.6) is 0 Å². The van der Waals surface area contributed by atoms with E-state index >= 15 is 0 Å². The average molecular weight is 330 g/mol. The van der Waals surface area contributed by atoms with Crippen molar-refractivity contribution in [2.75, 3.05) is 7.11 Å². The fraction of sp³-hybridized carbons (Fsp3) is 0.824. The maximum atomic E-state index is 11.2. The van der Waals surface area contributed by atoms with Crippen molar-refractivity contribution in [1.29, 1.82) is 0 Å². The third-order valence-corrected chi connectivity index (χ3v) is 10.5. The molecule has 1 unspecified atom stereocenters. The van der Waals surface area contributed by atoms with Gasteiger partial charge in [-0.15, -0.1) is 0 Å². The van der Waals surface area contributed by atoms with Crippen LogP contribution in [0, 0.1) is 0 Å². The topological polar surface area (TPSA) is 47.6 Å². The Kier molecular flexibility index (Phi) is 9.01. The molecule has 0 saturated heterocycles. The van der Waals surface area contributed by atoms with Crippen molar-refractivity contribution in [2.45, 2.75) is 84.2 Å². The van der Waals surface area contributed by atoms with E-state index < -0.39 is 14.4 Å². The lowest BCUT2D eigenvalue weighted by Crippen LogP contribution is -2.49. The van der Waals surface area contributed by atoms with Crippen molar-refractivity contribution < 1.29 is 14.0 Å². The van der Waals surface area contributed by atoms with Crippen molar-refractivity contribution >= 4 is 14.4 Å². The number of methoxy groups -OCH3 is 1. The molecule has 5 heteroatoms. The van der Waals surface area contributed by atoms with Gasteiger partial charge in [0.2, 0.25) is 8.32 Å². The normalized spacial score (nSPS) is 15.6. The molecule has 0 bridgehead atoms. The highest BCUT2D eigenvalue weighted by molar-refractivity contribution is 6.77. The van der Waals surface area contributed by atoms with Gasteiger partial charge in [-0.05, 0) is 30.5 Å². The SMILES string of the molecule is COC(=O)NC(C)/C=C/[C@H](C)O[Si](C(C)C)(C(C)C)C(C)C. The van der Waals surface area contributed by atoms with Gasteiger partial charge in [-0.2, -0.15) is 0 Å². The lowest BCUT2D eigenvalue weighted by molar-refractivity contribution is 0.169. The van der Waals surface area contributed by atoms with Crippen LogP contribution in [0.4, 0.5) is 4.79 Å². The molecular weight excluding hydrogens is 294 g/mol. The largest absolute Gasteiger partial charge is 0.453 e. The number of alkyl carbamates (subject to hydrolysis) is 1. The molecule has 0 aromatic carbocycles. The third-order valence-electron chi connectivity index (χ3n) is 4.30. The fourth-order valence-electron chi connectivity index (χ4n) is 3.39. The van der Waals surface area contributed by atoms with Crippen molar-refractivity contribution in [3.8, 4) is 0 Å². The molecule has 1 N–H and O–H groups in total. The molecule has 130 valence electrons. The zero-order valence-electron chi connectivity index (χ0n) is 15.8. The lowest BCUT2D eigenvalue weighted by Gasteiger charge is -2.43. The molecule has 22 heavy (non-hydrogen) atoms. The summed E-state index contributed by atoms with van der Waals surface area (Å²) >= 11 is 0. The third kappa shape index (κ3) is 5.76. The molecule has 1 amide bonds. The molecule has 0 aromatic rings. The molecule has 0 saturated carbocycles. The summed E-state index contributed by atoms with van der Waals surface area (Å²) in [6, 6.07) is -0.0771. The van der Waals surface area contributed by atoms with Crippen LogP contribution in [0.15, 0.2) is 12.2 Å². The highest BCUT2D eigenvalue weighted by Crippen LogP contribution is 2.43. The smallest absolute Gasteiger partial charge is 0.407 e. The lowest BCUT2D eigenvalue weighted by atomic mass is 10.2. The van der Waals surface area contributed by atoms with Crippen LogP contribution < -0.4 is 5.32 Å². The highest BCUT2D eigenvalue weighted by atomic mass is 28.4. The first kappa shape index (κ1) is 21.2. The molecule has 0 rings (SSSR count). The second-order valence-corrected chi connectivity index (χ2v) is 12.4. The number of ether oxygens (including phenoxy) is 1. The summed E-state index contributed by atoms with van der Waals surface area (Å²) in [6.07, 6.45) is 3.62. The van der Waals surface area contributed by atoms with Crippen LogP contribution in [0.3, 0.4) is 0 Å². The van der Waals surface area contributed by atoms with E-state index in [2.05, 4.69) is 58.5 Å². The van der Waals surface area contributed by atoms with E-state index in [-0.39, 0.29) is 12.1 Å². The maximum Gasteiger partial charge on any atom is 0.407 e. The Bertz CT molecular complexity index is 345. The van der Waals surface area contributed by atoms with Crippen LogP contribution in [0.25, 0.3) is 0 Å². The summed E-state index contributed by atoms with van der Waals surface area (Å²) in [4.78, 5) is 11.2. The summed E-state index contributed by atoms with van der Waals surface area (Å²) in [5, 5.41) is 2.72. The zero-order chi connectivity index (χ0) is 17.5. The van der Waals surface area contributed by atoms with Crippen LogP contribution in [0.2, 0.25) is 16.6 Å². The van der Waals surface area contributed by atoms with Gasteiger partial charge in [0.05, 0.1) is 13.2 Å². The van der Waals surface area contributed by atoms with Crippen LogP contribution in [-0.4, -0.2) is 33.7 Å². The quantitative estimate of drug-likeness (QED) is 0.510. The number of carbonyl (C=O) groups excluding carboxylic acids is 1. The zero-order valence-corrected chi connectivity index (χ0v) is 16.8. The van der Waals surface area contributed by atoms with Crippen LogP contribution >= 0.6 is 0 Å². The Labute approximate surface area is 137 Å². The van der Waals surface area contributed by atoms with Gasteiger partial charge in [0.25, 0.3) is 0 Å². The standard InChI is InChI=1S/C17H35NO3Si/c1-12(2)22(13(3)4,14(5)6)21-16(8)11-10-15(7)18-17(19)20-9/h10-16H,1-9H3,(H,18,19)/b11-10+/t15?,16-/m0/s1. The summed E-state index contributed by atoms with van der Waals surface area (Å²) in [7, 11) is -0.498. The molecule has 0 spiro atoms. The van der Waals surface area contributed by atoms with Gasteiger partial charge in [-0.3, -0.25) is 0 Å². The van der Waals surface area contributed by atoms with Gasteiger partial charge in [0.15, 0.2) is 0 Å². The molecule has 0 fully saturated rings. The minimum absolute atomic E-state index is 0.0424. The molecule has 0 aromatic heterocycles. The summed E-state index contributed by atoms with van der Waals surface area (Å²) in [5.41, 5.74) is 1.69. The molecule has 0 aliphatic heterocycles. The first-order valence-electron chi connectivity index (χ1n) is 8.28. The minimum atomic E-state index is -1.86. The second-order valence-electron chi connectivity index (χ2n) is 6.95. The first-order valence-corrected chi connectivity index (χ1v) is 10.4. The number of amides is 1. The Morgan fingerprint density at radius 3 is 1.73 bits per heavy atom. The molecule has 4 nitrogen and oxygen atoms in total. The van der Waals surface area contributed by atoms with E-state index in [1.54, 1.807) is 0 Å². The summed E-state index contributed by atoms with van der Waals surface area (Å²) < 4.78 is 11.2. The Hall–Kier alpha value is -0.813. The minimum Gasteiger partial charge on any atom is -0.453 e. The first-order chi connectivity index (χ1) is 10.1. The Balaban J connectivity index is 4.91. The number of hydrogen-bond acceptors (Lipinski definition) is 3. The average Bonchev–Trinajstić information content (AvgIpc) is 2.41. The van der Waals surface area contributed by atoms with E-state index in [0.717, 1.165) is 0 Å². The van der Waals surface area contributed by atoms with Gasteiger partial charge < -0.3 is 14.5 Å². The number of nitrogens with one attached hydrogen (secondary N) is 1. The molecular formula is C17H35NO3Si. The Morgan fingerprint density at radius 1 is 0.909 bits per heavy atom. The Morgan fingerprint density at radius 2 is 1.36 bits per heavy atom. The number of carbonyl (C=O) groups is 1. The van der Waals surface area contributed by atoms with E-state index in [9.17, 15) is 4.79 Å². The highest BCUT2D eigenvalue weighted by Gasteiger charge is 2.45. The van der Waals surface area contributed by atoms with Crippen LogP contribution in [-0.2, 0) is 9.16 Å². The predicted octanol–water partition coefficient (Wildman–Crippen LogP) is 4.87. The maximum absolute atomic E-state index is 11.2. The molecule has 0 aliphatic carbocycles. The van der Waals surface area contributed by atoms with Crippen molar-refractivity contribution in [3.05, 3.63) is 12.2 Å². The van der Waals surface area contributed by atoms with Gasteiger partial charge in [0.1, 0.15) is 0 Å².